The van der Waals surface area contributed by atoms with Crippen molar-refractivity contribution in [2.75, 3.05) is 0 Å². The highest BCUT2D eigenvalue weighted by molar-refractivity contribution is 5.96. The third-order valence-electron chi connectivity index (χ3n) is 1.39. The van der Waals surface area contributed by atoms with Crippen LogP contribution in [0.15, 0.2) is 12.2 Å². The number of carboxylic acids is 1. The molecule has 0 saturated heterocycles. The number of aliphatic carboxylic acids is 1. The van der Waals surface area contributed by atoms with Gasteiger partial charge in [0.2, 0.25) is 0 Å². The van der Waals surface area contributed by atoms with E-state index in [1.807, 2.05) is 0 Å². The fourth-order valence-corrected chi connectivity index (χ4v) is 0.540. The summed E-state index contributed by atoms with van der Waals surface area (Å²) in [5.41, 5.74) is 0.415. The van der Waals surface area contributed by atoms with Crippen LogP contribution in [0.1, 0.15) is 20.3 Å². The summed E-state index contributed by atoms with van der Waals surface area (Å²) < 4.78 is 0. The van der Waals surface area contributed by atoms with Crippen molar-refractivity contribution >= 4 is 11.8 Å². The molecule has 11 heavy (non-hydrogen) atoms. The Hall–Kier alpha value is -1.12. The normalized spacial score (nSPS) is 12.2. The van der Waals surface area contributed by atoms with Crippen LogP contribution in [0.3, 0.4) is 0 Å². The lowest BCUT2D eigenvalue weighted by Gasteiger charge is -2.03. The first kappa shape index (κ1) is 9.88. The van der Waals surface area contributed by atoms with Crippen LogP contribution in [0.5, 0.6) is 0 Å². The van der Waals surface area contributed by atoms with Gasteiger partial charge in [-0.15, -0.1) is 0 Å². The Balaban J connectivity index is 3.95. The Morgan fingerprint density at radius 2 is 2.00 bits per heavy atom. The summed E-state index contributed by atoms with van der Waals surface area (Å²) >= 11 is 0. The highest BCUT2D eigenvalue weighted by Crippen LogP contribution is 2.06. The number of rotatable bonds is 4. The minimum atomic E-state index is -0.945. The molecule has 3 nitrogen and oxygen atoms in total. The van der Waals surface area contributed by atoms with Gasteiger partial charge in [0.1, 0.15) is 0 Å². The summed E-state index contributed by atoms with van der Waals surface area (Å²) in [4.78, 5) is 21.2. The SMILES string of the molecule is C=C(C)C(=O)CC(C)C(=O)O. The first-order valence-corrected chi connectivity index (χ1v) is 3.36. The number of ketones is 1. The summed E-state index contributed by atoms with van der Waals surface area (Å²) in [5.74, 6) is -1.74. The summed E-state index contributed by atoms with van der Waals surface area (Å²) in [5, 5.41) is 8.43. The Labute approximate surface area is 65.7 Å². The molecule has 3 heteroatoms. The molecule has 1 atom stereocenters. The standard InChI is InChI=1S/C8H12O3/c1-5(2)7(9)4-6(3)8(10)11/h6H,1,4H2,2-3H3,(H,10,11). The lowest BCUT2D eigenvalue weighted by Crippen LogP contribution is -2.14. The third-order valence-corrected chi connectivity index (χ3v) is 1.39. The van der Waals surface area contributed by atoms with Gasteiger partial charge in [0, 0.05) is 6.42 Å². The Morgan fingerprint density at radius 1 is 1.55 bits per heavy atom. The molecule has 0 aliphatic carbocycles. The molecular formula is C8H12O3. The van der Waals surface area contributed by atoms with Crippen molar-refractivity contribution in [3.05, 3.63) is 12.2 Å². The van der Waals surface area contributed by atoms with E-state index in [2.05, 4.69) is 6.58 Å². The van der Waals surface area contributed by atoms with E-state index >= 15 is 0 Å². The molecule has 0 spiro atoms. The van der Waals surface area contributed by atoms with Gasteiger partial charge in [0.05, 0.1) is 5.92 Å². The van der Waals surface area contributed by atoms with Gasteiger partial charge in [-0.05, 0) is 12.5 Å². The van der Waals surface area contributed by atoms with E-state index in [9.17, 15) is 9.59 Å². The second-order valence-corrected chi connectivity index (χ2v) is 2.65. The molecule has 62 valence electrons. The molecule has 0 saturated carbocycles. The molecule has 0 aliphatic rings. The third kappa shape index (κ3) is 3.55. The minimum absolute atomic E-state index is 0.0463. The summed E-state index contributed by atoms with van der Waals surface area (Å²) in [6, 6.07) is 0. The van der Waals surface area contributed by atoms with Crippen molar-refractivity contribution in [3.8, 4) is 0 Å². The molecule has 0 rings (SSSR count). The van der Waals surface area contributed by atoms with E-state index in [1.165, 1.54) is 6.92 Å². The zero-order valence-electron chi connectivity index (χ0n) is 6.76. The number of carboxylic acid groups (broad SMARTS) is 1. The first-order valence-electron chi connectivity index (χ1n) is 3.36. The smallest absolute Gasteiger partial charge is 0.306 e. The molecule has 1 N–H and O–H groups in total. The van der Waals surface area contributed by atoms with Crippen LogP contribution >= 0.6 is 0 Å². The number of carbonyl (C=O) groups excluding carboxylic acids is 1. The molecule has 0 aromatic rings. The zero-order chi connectivity index (χ0) is 9.02. The number of allylic oxidation sites excluding steroid dienone is 1. The van der Waals surface area contributed by atoms with Crippen LogP contribution < -0.4 is 0 Å². The van der Waals surface area contributed by atoms with Gasteiger partial charge in [-0.2, -0.15) is 0 Å². The molecule has 0 fully saturated rings. The fraction of sp³-hybridized carbons (Fsp3) is 0.500. The number of hydrogen-bond acceptors (Lipinski definition) is 2. The van der Waals surface area contributed by atoms with Crippen molar-refractivity contribution in [2.24, 2.45) is 5.92 Å². The second kappa shape index (κ2) is 3.91. The Kier molecular flexibility index (Phi) is 3.51. The average molecular weight is 156 g/mol. The van der Waals surface area contributed by atoms with Gasteiger partial charge in [-0.3, -0.25) is 9.59 Å². The molecule has 0 heterocycles. The molecular weight excluding hydrogens is 144 g/mol. The number of hydrogen-bond donors (Lipinski definition) is 1. The van der Waals surface area contributed by atoms with E-state index in [0.717, 1.165) is 0 Å². The predicted octanol–water partition coefficient (Wildman–Crippen LogP) is 1.24. The minimum Gasteiger partial charge on any atom is -0.481 e. The molecule has 0 radical (unpaired) electrons. The van der Waals surface area contributed by atoms with E-state index in [-0.39, 0.29) is 12.2 Å². The van der Waals surface area contributed by atoms with Crippen LogP contribution in [0.4, 0.5) is 0 Å². The molecule has 0 aromatic heterocycles. The van der Waals surface area contributed by atoms with Crippen LogP contribution in [0.25, 0.3) is 0 Å². The molecule has 0 bridgehead atoms. The largest absolute Gasteiger partial charge is 0.481 e. The van der Waals surface area contributed by atoms with Gasteiger partial charge in [-0.25, -0.2) is 0 Å². The van der Waals surface area contributed by atoms with Crippen LogP contribution in [-0.4, -0.2) is 16.9 Å². The molecule has 0 aromatic carbocycles. The average Bonchev–Trinajstić information content (AvgIpc) is 1.87. The summed E-state index contributed by atoms with van der Waals surface area (Å²) in [7, 11) is 0. The maximum atomic E-state index is 10.9. The van der Waals surface area contributed by atoms with E-state index in [1.54, 1.807) is 6.92 Å². The number of Topliss-reactive ketones (excluding diaryl/α,β-unsaturated/α-hetero) is 1. The molecule has 0 amide bonds. The van der Waals surface area contributed by atoms with E-state index in [0.29, 0.717) is 5.57 Å². The fourth-order valence-electron chi connectivity index (χ4n) is 0.540. The highest BCUT2D eigenvalue weighted by Gasteiger charge is 2.15. The van der Waals surface area contributed by atoms with E-state index < -0.39 is 11.9 Å². The first-order chi connectivity index (χ1) is 4.95. The van der Waals surface area contributed by atoms with Gasteiger partial charge in [-0.1, -0.05) is 13.5 Å². The predicted molar refractivity (Wildman–Crippen MR) is 41.2 cm³/mol. The van der Waals surface area contributed by atoms with Crippen molar-refractivity contribution in [1.29, 1.82) is 0 Å². The maximum absolute atomic E-state index is 10.9. The lowest BCUT2D eigenvalue weighted by molar-refractivity contribution is -0.142. The van der Waals surface area contributed by atoms with Gasteiger partial charge in [0.15, 0.2) is 5.78 Å². The van der Waals surface area contributed by atoms with Crippen molar-refractivity contribution in [3.63, 3.8) is 0 Å². The van der Waals surface area contributed by atoms with Gasteiger partial charge < -0.3 is 5.11 Å². The number of carbonyl (C=O) groups is 2. The monoisotopic (exact) mass is 156 g/mol. The summed E-state index contributed by atoms with van der Waals surface area (Å²) in [6.07, 6.45) is 0.0463. The zero-order valence-corrected chi connectivity index (χ0v) is 6.76. The van der Waals surface area contributed by atoms with Gasteiger partial charge >= 0.3 is 5.97 Å². The second-order valence-electron chi connectivity index (χ2n) is 2.65. The van der Waals surface area contributed by atoms with Crippen molar-refractivity contribution < 1.29 is 14.7 Å². The van der Waals surface area contributed by atoms with Gasteiger partial charge in [0.25, 0.3) is 0 Å². The Morgan fingerprint density at radius 3 is 2.27 bits per heavy atom. The summed E-state index contributed by atoms with van der Waals surface area (Å²) in [6.45, 7) is 6.51. The van der Waals surface area contributed by atoms with Crippen molar-refractivity contribution in [1.82, 2.24) is 0 Å². The molecule has 1 unspecified atom stereocenters. The Bertz CT molecular complexity index is 194. The van der Waals surface area contributed by atoms with Crippen molar-refractivity contribution in [2.45, 2.75) is 20.3 Å². The maximum Gasteiger partial charge on any atom is 0.306 e. The van der Waals surface area contributed by atoms with Crippen LogP contribution in [0.2, 0.25) is 0 Å². The van der Waals surface area contributed by atoms with E-state index in [4.69, 9.17) is 5.11 Å². The topological polar surface area (TPSA) is 54.4 Å². The lowest BCUT2D eigenvalue weighted by atomic mass is 10.0. The quantitative estimate of drug-likeness (QED) is 0.623. The molecule has 0 aliphatic heterocycles. The highest BCUT2D eigenvalue weighted by atomic mass is 16.4. The van der Waals surface area contributed by atoms with Crippen LogP contribution in [0, 0.1) is 5.92 Å². The van der Waals surface area contributed by atoms with Crippen LogP contribution in [-0.2, 0) is 9.59 Å².